The lowest BCUT2D eigenvalue weighted by Gasteiger charge is -1.98. The first-order chi connectivity index (χ1) is 11.8. The SMILES string of the molecule is COC(=O)/C=C1/S/C(=N\N=Cc2cc([N+](=O)[O-])c(Cl)cc2F)NC1=O. The minimum absolute atomic E-state index is 0.0419. The van der Waals surface area contributed by atoms with Crippen LogP contribution in [0.2, 0.25) is 5.02 Å². The van der Waals surface area contributed by atoms with Crippen LogP contribution in [-0.2, 0) is 14.3 Å². The third kappa shape index (κ3) is 4.61. The fraction of sp³-hybridized carbons (Fsp3) is 0.0769. The van der Waals surface area contributed by atoms with Crippen molar-refractivity contribution in [2.45, 2.75) is 0 Å². The summed E-state index contributed by atoms with van der Waals surface area (Å²) in [5.41, 5.74) is -0.691. The summed E-state index contributed by atoms with van der Waals surface area (Å²) in [4.78, 5) is 32.8. The number of amides is 1. The van der Waals surface area contributed by atoms with E-state index < -0.39 is 28.3 Å². The van der Waals surface area contributed by atoms with Crippen molar-refractivity contribution >= 4 is 52.3 Å². The Morgan fingerprint density at radius 3 is 2.88 bits per heavy atom. The van der Waals surface area contributed by atoms with Gasteiger partial charge in [-0.25, -0.2) is 9.18 Å². The van der Waals surface area contributed by atoms with E-state index in [-0.39, 0.29) is 20.7 Å². The van der Waals surface area contributed by atoms with Gasteiger partial charge >= 0.3 is 5.97 Å². The monoisotopic (exact) mass is 386 g/mol. The van der Waals surface area contributed by atoms with Crippen LogP contribution in [0, 0.1) is 15.9 Å². The highest BCUT2D eigenvalue weighted by atomic mass is 35.5. The highest BCUT2D eigenvalue weighted by Crippen LogP contribution is 2.27. The quantitative estimate of drug-likeness (QED) is 0.277. The molecule has 0 saturated carbocycles. The molecule has 1 aliphatic heterocycles. The van der Waals surface area contributed by atoms with E-state index in [2.05, 4.69) is 20.3 Å². The van der Waals surface area contributed by atoms with Gasteiger partial charge in [-0.1, -0.05) is 11.6 Å². The lowest BCUT2D eigenvalue weighted by molar-refractivity contribution is -0.384. The maximum atomic E-state index is 13.7. The van der Waals surface area contributed by atoms with Crippen LogP contribution in [-0.4, -0.2) is 35.3 Å². The summed E-state index contributed by atoms with van der Waals surface area (Å²) in [5.74, 6) is -2.11. The molecule has 0 radical (unpaired) electrons. The smallest absolute Gasteiger partial charge is 0.331 e. The van der Waals surface area contributed by atoms with Crippen LogP contribution in [0.3, 0.4) is 0 Å². The average Bonchev–Trinajstić information content (AvgIpc) is 2.88. The zero-order valence-corrected chi connectivity index (χ0v) is 13.9. The number of esters is 1. The van der Waals surface area contributed by atoms with E-state index in [9.17, 15) is 24.1 Å². The van der Waals surface area contributed by atoms with Gasteiger partial charge in [-0.2, -0.15) is 5.10 Å². The Kier molecular flexibility index (Phi) is 5.83. The largest absolute Gasteiger partial charge is 0.466 e. The molecule has 1 amide bonds. The first-order valence-electron chi connectivity index (χ1n) is 6.35. The van der Waals surface area contributed by atoms with Gasteiger partial charge < -0.3 is 4.74 Å². The number of hydrogen-bond donors (Lipinski definition) is 1. The number of rotatable bonds is 4. The molecule has 0 spiro atoms. The van der Waals surface area contributed by atoms with Gasteiger partial charge in [0.05, 0.1) is 23.2 Å². The van der Waals surface area contributed by atoms with Gasteiger partial charge in [-0.3, -0.25) is 20.2 Å². The maximum Gasteiger partial charge on any atom is 0.331 e. The fourth-order valence-corrected chi connectivity index (χ4v) is 2.54. The van der Waals surface area contributed by atoms with Crippen LogP contribution in [0.25, 0.3) is 0 Å². The van der Waals surface area contributed by atoms with E-state index in [4.69, 9.17) is 11.6 Å². The standard InChI is InChI=1S/C13H8ClFN4O5S/c1-24-11(20)4-10-12(21)17-13(25-10)18-16-5-6-2-9(19(22)23)7(14)3-8(6)15/h2-5H,1H3,(H,17,18,21)/b10-4+,16-5?. The first kappa shape index (κ1) is 18.5. The zero-order valence-electron chi connectivity index (χ0n) is 12.4. The predicted octanol–water partition coefficient (Wildman–Crippen LogP) is 2.00. The summed E-state index contributed by atoms with van der Waals surface area (Å²) in [6.07, 6.45) is 1.91. The highest BCUT2D eigenvalue weighted by molar-refractivity contribution is 8.18. The Morgan fingerprint density at radius 2 is 2.24 bits per heavy atom. The molecule has 0 bridgehead atoms. The van der Waals surface area contributed by atoms with Gasteiger partial charge in [0, 0.05) is 23.8 Å². The Balaban J connectivity index is 2.19. The van der Waals surface area contributed by atoms with Gasteiger partial charge in [0.15, 0.2) is 5.17 Å². The van der Waals surface area contributed by atoms with Crippen molar-refractivity contribution in [2.75, 3.05) is 7.11 Å². The van der Waals surface area contributed by atoms with E-state index in [1.807, 2.05) is 0 Å². The number of nitrogens with zero attached hydrogens (tertiary/aromatic N) is 3. The minimum Gasteiger partial charge on any atom is -0.466 e. The molecule has 2 rings (SSSR count). The third-order valence-corrected chi connectivity index (χ3v) is 3.91. The number of carbonyl (C=O) groups is 2. The first-order valence-corrected chi connectivity index (χ1v) is 7.54. The summed E-state index contributed by atoms with van der Waals surface area (Å²) in [6.45, 7) is 0. The van der Waals surface area contributed by atoms with Crippen molar-refractivity contribution in [3.8, 4) is 0 Å². The number of methoxy groups -OCH3 is 1. The van der Waals surface area contributed by atoms with Gasteiger partial charge in [-0.15, -0.1) is 5.10 Å². The van der Waals surface area contributed by atoms with Crippen molar-refractivity contribution in [1.29, 1.82) is 0 Å². The van der Waals surface area contributed by atoms with Crippen molar-refractivity contribution < 1.29 is 23.6 Å². The van der Waals surface area contributed by atoms with Gasteiger partial charge in [0.2, 0.25) is 0 Å². The lowest BCUT2D eigenvalue weighted by atomic mass is 10.2. The number of benzene rings is 1. The number of nitro benzene ring substituents is 1. The number of amidine groups is 1. The van der Waals surface area contributed by atoms with E-state index in [1.165, 1.54) is 0 Å². The van der Waals surface area contributed by atoms with Crippen molar-refractivity contribution in [2.24, 2.45) is 10.2 Å². The Bertz CT molecular complexity index is 855. The summed E-state index contributed by atoms with van der Waals surface area (Å²) in [7, 11) is 1.16. The second-order valence-corrected chi connectivity index (χ2v) is 5.76. The molecule has 1 aromatic rings. The van der Waals surface area contributed by atoms with Crippen molar-refractivity contribution in [3.63, 3.8) is 0 Å². The molecule has 130 valence electrons. The van der Waals surface area contributed by atoms with Crippen molar-refractivity contribution in [1.82, 2.24) is 5.32 Å². The maximum absolute atomic E-state index is 13.7. The second kappa shape index (κ2) is 7.85. The zero-order chi connectivity index (χ0) is 18.6. The van der Waals surface area contributed by atoms with Crippen LogP contribution >= 0.6 is 23.4 Å². The molecule has 1 saturated heterocycles. The average molecular weight is 387 g/mol. The number of halogens is 2. The Labute approximate surface area is 148 Å². The summed E-state index contributed by atoms with van der Waals surface area (Å²) in [6, 6.07) is 1.70. The molecule has 1 fully saturated rings. The van der Waals surface area contributed by atoms with Crippen LogP contribution in [0.5, 0.6) is 0 Å². The van der Waals surface area contributed by atoms with Gasteiger partial charge in [-0.05, 0) is 11.8 Å². The van der Waals surface area contributed by atoms with Crippen LogP contribution < -0.4 is 5.32 Å². The molecular formula is C13H8ClFN4O5S. The molecule has 0 aliphatic carbocycles. The number of hydrogen-bond acceptors (Lipinski definition) is 8. The molecular weight excluding hydrogens is 379 g/mol. The molecule has 9 nitrogen and oxygen atoms in total. The number of nitro groups is 1. The number of carbonyl (C=O) groups excluding carboxylic acids is 2. The number of nitrogens with one attached hydrogen (secondary N) is 1. The molecule has 1 N–H and O–H groups in total. The van der Waals surface area contributed by atoms with E-state index >= 15 is 0 Å². The molecule has 1 aromatic carbocycles. The molecule has 0 unspecified atom stereocenters. The molecule has 1 aliphatic rings. The number of thioether (sulfide) groups is 1. The summed E-state index contributed by atoms with van der Waals surface area (Å²) < 4.78 is 18.1. The second-order valence-electron chi connectivity index (χ2n) is 4.32. The van der Waals surface area contributed by atoms with Crippen LogP contribution in [0.1, 0.15) is 5.56 Å². The Hall–Kier alpha value is -2.79. The molecule has 12 heteroatoms. The lowest BCUT2D eigenvalue weighted by Crippen LogP contribution is -2.19. The molecule has 0 aromatic heterocycles. The topological polar surface area (TPSA) is 123 Å². The highest BCUT2D eigenvalue weighted by Gasteiger charge is 2.25. The van der Waals surface area contributed by atoms with Crippen molar-refractivity contribution in [3.05, 3.63) is 49.6 Å². The summed E-state index contributed by atoms with van der Waals surface area (Å²) >= 11 is 6.40. The molecule has 1 heterocycles. The van der Waals surface area contributed by atoms with Gasteiger partial charge in [0.1, 0.15) is 10.8 Å². The number of ether oxygens (including phenoxy) is 1. The fourth-order valence-electron chi connectivity index (χ4n) is 1.58. The van der Waals surface area contributed by atoms with Crippen LogP contribution in [0.15, 0.2) is 33.3 Å². The minimum atomic E-state index is -0.825. The third-order valence-electron chi connectivity index (χ3n) is 2.71. The van der Waals surface area contributed by atoms with E-state index in [1.54, 1.807) is 0 Å². The summed E-state index contributed by atoms with van der Waals surface area (Å²) in [5, 5.41) is 20.0. The molecule has 25 heavy (non-hydrogen) atoms. The molecule has 0 atom stereocenters. The Morgan fingerprint density at radius 1 is 1.52 bits per heavy atom. The van der Waals surface area contributed by atoms with E-state index in [0.717, 1.165) is 43.3 Å². The predicted molar refractivity (Wildman–Crippen MR) is 88.9 cm³/mol. The van der Waals surface area contributed by atoms with Crippen LogP contribution in [0.4, 0.5) is 10.1 Å². The normalized spacial score (nSPS) is 17.3. The van der Waals surface area contributed by atoms with E-state index in [0.29, 0.717) is 0 Å². The van der Waals surface area contributed by atoms with Gasteiger partial charge in [0.25, 0.3) is 11.6 Å².